The predicted octanol–water partition coefficient (Wildman–Crippen LogP) is 3.51. The summed E-state index contributed by atoms with van der Waals surface area (Å²) in [5.41, 5.74) is 0.180. The number of H-pyrrole nitrogens is 1. The molecule has 1 aliphatic carbocycles. The van der Waals surface area contributed by atoms with E-state index in [1.807, 2.05) is 30.3 Å². The van der Waals surface area contributed by atoms with Crippen LogP contribution in [0.2, 0.25) is 0 Å². The zero-order valence-corrected chi connectivity index (χ0v) is 12.9. The van der Waals surface area contributed by atoms with Gasteiger partial charge < -0.3 is 5.11 Å². The van der Waals surface area contributed by atoms with E-state index in [2.05, 4.69) is 36.0 Å². The van der Waals surface area contributed by atoms with Crippen molar-refractivity contribution >= 4 is 0 Å². The Morgan fingerprint density at radius 3 is 2.57 bits per heavy atom. The van der Waals surface area contributed by atoms with Crippen LogP contribution in [0.25, 0.3) is 11.4 Å². The predicted molar refractivity (Wildman–Crippen MR) is 82.5 cm³/mol. The van der Waals surface area contributed by atoms with Crippen molar-refractivity contribution in [3.8, 4) is 11.4 Å². The highest BCUT2D eigenvalue weighted by molar-refractivity contribution is 5.54. The van der Waals surface area contributed by atoms with Crippen LogP contribution in [0, 0.1) is 11.3 Å². The van der Waals surface area contributed by atoms with Gasteiger partial charge in [-0.2, -0.15) is 5.10 Å². The van der Waals surface area contributed by atoms with Crippen LogP contribution in [-0.2, 0) is 5.60 Å². The van der Waals surface area contributed by atoms with Crippen molar-refractivity contribution in [2.45, 2.75) is 45.6 Å². The van der Waals surface area contributed by atoms with E-state index >= 15 is 0 Å². The van der Waals surface area contributed by atoms with Crippen LogP contribution < -0.4 is 0 Å². The van der Waals surface area contributed by atoms with Crippen LogP contribution >= 0.6 is 0 Å². The summed E-state index contributed by atoms with van der Waals surface area (Å²) < 4.78 is 0. The van der Waals surface area contributed by atoms with Gasteiger partial charge in [0.2, 0.25) is 0 Å². The number of nitrogens with one attached hydrogen (secondary N) is 1. The number of hydrogen-bond acceptors (Lipinski definition) is 3. The lowest BCUT2D eigenvalue weighted by atomic mass is 9.65. The van der Waals surface area contributed by atoms with Crippen molar-refractivity contribution in [3.63, 3.8) is 0 Å². The first-order chi connectivity index (χ1) is 9.88. The molecule has 0 saturated heterocycles. The van der Waals surface area contributed by atoms with Crippen LogP contribution in [0.15, 0.2) is 30.3 Å². The fourth-order valence-corrected chi connectivity index (χ4v) is 3.89. The maximum Gasteiger partial charge on any atom is 0.181 e. The second-order valence-corrected chi connectivity index (χ2v) is 7.26. The van der Waals surface area contributed by atoms with Gasteiger partial charge in [-0.25, -0.2) is 4.98 Å². The first-order valence-corrected chi connectivity index (χ1v) is 7.59. The van der Waals surface area contributed by atoms with E-state index in [4.69, 9.17) is 0 Å². The molecule has 1 fully saturated rings. The molecule has 4 heteroatoms. The number of hydrogen-bond donors (Lipinski definition) is 2. The minimum Gasteiger partial charge on any atom is -0.382 e. The summed E-state index contributed by atoms with van der Waals surface area (Å²) in [5.74, 6) is 1.72. The molecular weight excluding hydrogens is 262 g/mol. The lowest BCUT2D eigenvalue weighted by molar-refractivity contribution is -0.0695. The lowest BCUT2D eigenvalue weighted by Gasteiger charge is -2.43. The third-order valence-corrected chi connectivity index (χ3v) is 4.32. The fraction of sp³-hybridized carbons (Fsp3) is 0.529. The zero-order chi connectivity index (χ0) is 15.1. The highest BCUT2D eigenvalue weighted by atomic mass is 16.3. The van der Waals surface area contributed by atoms with Crippen LogP contribution in [-0.4, -0.2) is 20.3 Å². The first-order valence-electron chi connectivity index (χ1n) is 7.59. The average Bonchev–Trinajstić information content (AvgIpc) is 2.87. The van der Waals surface area contributed by atoms with Gasteiger partial charge in [-0.3, -0.25) is 5.10 Å². The van der Waals surface area contributed by atoms with Crippen molar-refractivity contribution < 1.29 is 5.11 Å². The van der Waals surface area contributed by atoms with E-state index in [0.29, 0.717) is 24.0 Å². The molecule has 4 nitrogen and oxygen atoms in total. The first kappa shape index (κ1) is 14.3. The number of benzene rings is 1. The molecule has 1 heterocycles. The third kappa shape index (κ3) is 2.86. The second kappa shape index (κ2) is 4.95. The summed E-state index contributed by atoms with van der Waals surface area (Å²) in [4.78, 5) is 4.56. The summed E-state index contributed by atoms with van der Waals surface area (Å²) in [6.07, 6.45) is 2.59. The maximum atomic E-state index is 11.1. The molecular formula is C17H23N3O. The lowest BCUT2D eigenvalue weighted by Crippen LogP contribution is -2.40. The van der Waals surface area contributed by atoms with Crippen molar-refractivity contribution in [2.75, 3.05) is 0 Å². The SMILES string of the molecule is CC1CC(C)(C)CC(O)(c2nc(-c3ccccc3)n[nH]2)C1. The van der Waals surface area contributed by atoms with Crippen LogP contribution in [0.3, 0.4) is 0 Å². The highest BCUT2D eigenvalue weighted by Crippen LogP contribution is 2.47. The Balaban J connectivity index is 1.92. The number of rotatable bonds is 2. The largest absolute Gasteiger partial charge is 0.382 e. The Kier molecular flexibility index (Phi) is 3.36. The average molecular weight is 285 g/mol. The molecule has 21 heavy (non-hydrogen) atoms. The van der Waals surface area contributed by atoms with Gasteiger partial charge >= 0.3 is 0 Å². The maximum absolute atomic E-state index is 11.1. The zero-order valence-electron chi connectivity index (χ0n) is 12.9. The van der Waals surface area contributed by atoms with E-state index in [9.17, 15) is 5.11 Å². The van der Waals surface area contributed by atoms with E-state index < -0.39 is 5.60 Å². The third-order valence-electron chi connectivity index (χ3n) is 4.32. The molecule has 2 N–H and O–H groups in total. The standard InChI is InChI=1S/C17H23N3O/c1-12-9-16(2,3)11-17(21,10-12)15-18-14(19-20-15)13-7-5-4-6-8-13/h4-8,12,21H,9-11H2,1-3H3,(H,18,19,20). The summed E-state index contributed by atoms with van der Waals surface area (Å²) in [6.45, 7) is 6.62. The van der Waals surface area contributed by atoms with Gasteiger partial charge in [0, 0.05) is 5.56 Å². The van der Waals surface area contributed by atoms with Crippen LogP contribution in [0.5, 0.6) is 0 Å². The van der Waals surface area contributed by atoms with E-state index in [1.54, 1.807) is 0 Å². The number of nitrogens with zero attached hydrogens (tertiary/aromatic N) is 2. The number of aromatic nitrogens is 3. The molecule has 2 aromatic rings. The molecule has 1 saturated carbocycles. The van der Waals surface area contributed by atoms with Gasteiger partial charge in [0.1, 0.15) is 5.60 Å². The molecule has 0 bridgehead atoms. The van der Waals surface area contributed by atoms with Crippen molar-refractivity contribution in [1.29, 1.82) is 0 Å². The fourth-order valence-electron chi connectivity index (χ4n) is 3.89. The summed E-state index contributed by atoms with van der Waals surface area (Å²) >= 11 is 0. The Hall–Kier alpha value is -1.68. The molecule has 1 aliphatic rings. The van der Waals surface area contributed by atoms with Gasteiger partial charge in [-0.15, -0.1) is 0 Å². The number of aliphatic hydroxyl groups is 1. The molecule has 0 amide bonds. The minimum absolute atomic E-state index is 0.117. The minimum atomic E-state index is -0.902. The Morgan fingerprint density at radius 2 is 1.90 bits per heavy atom. The molecule has 1 aromatic carbocycles. The van der Waals surface area contributed by atoms with Gasteiger partial charge in [-0.05, 0) is 30.6 Å². The van der Waals surface area contributed by atoms with Crippen molar-refractivity contribution in [1.82, 2.24) is 15.2 Å². The summed E-state index contributed by atoms with van der Waals surface area (Å²) in [6, 6.07) is 9.85. The van der Waals surface area contributed by atoms with Crippen LogP contribution in [0.4, 0.5) is 0 Å². The van der Waals surface area contributed by atoms with Crippen LogP contribution in [0.1, 0.15) is 45.9 Å². The Bertz CT molecular complexity index is 620. The molecule has 2 unspecified atom stereocenters. The molecule has 112 valence electrons. The summed E-state index contributed by atoms with van der Waals surface area (Å²) in [5, 5.41) is 18.3. The topological polar surface area (TPSA) is 61.8 Å². The number of aromatic amines is 1. The van der Waals surface area contributed by atoms with Gasteiger partial charge in [0.15, 0.2) is 11.6 Å². The smallest absolute Gasteiger partial charge is 0.181 e. The van der Waals surface area contributed by atoms with E-state index in [1.165, 1.54) is 0 Å². The van der Waals surface area contributed by atoms with Gasteiger partial charge in [0.05, 0.1) is 0 Å². The normalized spacial score (nSPS) is 28.5. The van der Waals surface area contributed by atoms with Gasteiger partial charge in [0.25, 0.3) is 0 Å². The quantitative estimate of drug-likeness (QED) is 0.887. The summed E-state index contributed by atoms with van der Waals surface area (Å²) in [7, 11) is 0. The molecule has 1 aromatic heterocycles. The van der Waals surface area contributed by atoms with E-state index in [0.717, 1.165) is 18.4 Å². The van der Waals surface area contributed by atoms with Gasteiger partial charge in [-0.1, -0.05) is 51.1 Å². The second-order valence-electron chi connectivity index (χ2n) is 7.26. The monoisotopic (exact) mass is 285 g/mol. The highest BCUT2D eigenvalue weighted by Gasteiger charge is 2.44. The van der Waals surface area contributed by atoms with Crippen molar-refractivity contribution in [3.05, 3.63) is 36.2 Å². The van der Waals surface area contributed by atoms with Crippen molar-refractivity contribution in [2.24, 2.45) is 11.3 Å². The molecule has 3 rings (SSSR count). The Morgan fingerprint density at radius 1 is 1.19 bits per heavy atom. The van der Waals surface area contributed by atoms with E-state index in [-0.39, 0.29) is 5.41 Å². The molecule has 0 aliphatic heterocycles. The molecule has 2 atom stereocenters. The Labute approximate surface area is 125 Å². The molecule has 0 spiro atoms. The molecule has 0 radical (unpaired) electrons.